The minimum absolute atomic E-state index is 0.199. The maximum atomic E-state index is 5.50. The average Bonchev–Trinajstić information content (AvgIpc) is 2.71. The summed E-state index contributed by atoms with van der Waals surface area (Å²) in [5.74, 6) is 1.37. The molecule has 66 valence electrons. The zero-order valence-corrected chi connectivity index (χ0v) is 7.36. The van der Waals surface area contributed by atoms with Crippen molar-refractivity contribution in [3.05, 3.63) is 41.6 Å². The SMILES string of the molecule is CC1c2ccoc2C=C2C=COC21. The molecular formula is C11H10O2. The molecule has 1 aromatic heterocycles. The normalized spacial score (nSPS) is 29.2. The maximum absolute atomic E-state index is 5.50. The number of furan rings is 1. The third-order valence-electron chi connectivity index (χ3n) is 2.78. The Bertz CT molecular complexity index is 398. The van der Waals surface area contributed by atoms with E-state index in [1.807, 2.05) is 12.1 Å². The van der Waals surface area contributed by atoms with Gasteiger partial charge in [0.15, 0.2) is 0 Å². The van der Waals surface area contributed by atoms with E-state index in [0.717, 1.165) is 5.76 Å². The fraction of sp³-hybridized carbons (Fsp3) is 0.273. The lowest BCUT2D eigenvalue weighted by Gasteiger charge is -2.23. The summed E-state index contributed by atoms with van der Waals surface area (Å²) >= 11 is 0. The molecule has 0 fully saturated rings. The van der Waals surface area contributed by atoms with E-state index in [2.05, 4.69) is 13.0 Å². The van der Waals surface area contributed by atoms with E-state index < -0.39 is 0 Å². The molecule has 0 bridgehead atoms. The summed E-state index contributed by atoms with van der Waals surface area (Å²) in [6.07, 6.45) is 7.77. The monoisotopic (exact) mass is 174 g/mol. The highest BCUT2D eigenvalue weighted by Crippen LogP contribution is 2.38. The predicted octanol–water partition coefficient (Wildman–Crippen LogP) is 2.69. The topological polar surface area (TPSA) is 22.4 Å². The van der Waals surface area contributed by atoms with Crippen LogP contribution in [0.1, 0.15) is 24.2 Å². The van der Waals surface area contributed by atoms with Crippen molar-refractivity contribution in [2.75, 3.05) is 0 Å². The summed E-state index contributed by atoms with van der Waals surface area (Å²) in [5.41, 5.74) is 2.47. The zero-order valence-electron chi connectivity index (χ0n) is 7.36. The number of fused-ring (bicyclic) bond motifs is 2. The molecule has 2 heteroatoms. The molecule has 2 aliphatic rings. The molecule has 0 aromatic carbocycles. The number of ether oxygens (including phenoxy) is 1. The van der Waals surface area contributed by atoms with Crippen LogP contribution in [0.15, 0.2) is 34.7 Å². The van der Waals surface area contributed by atoms with Crippen LogP contribution in [0.2, 0.25) is 0 Å². The minimum Gasteiger partial charge on any atom is -0.493 e. The number of hydrogen-bond acceptors (Lipinski definition) is 2. The second kappa shape index (κ2) is 2.28. The Morgan fingerprint density at radius 1 is 1.38 bits per heavy atom. The van der Waals surface area contributed by atoms with Crippen molar-refractivity contribution in [2.45, 2.75) is 18.9 Å². The van der Waals surface area contributed by atoms with Crippen molar-refractivity contribution in [3.8, 4) is 0 Å². The van der Waals surface area contributed by atoms with Crippen LogP contribution in [0.3, 0.4) is 0 Å². The van der Waals surface area contributed by atoms with Gasteiger partial charge in [0.25, 0.3) is 0 Å². The molecule has 2 nitrogen and oxygen atoms in total. The smallest absolute Gasteiger partial charge is 0.130 e. The van der Waals surface area contributed by atoms with Gasteiger partial charge in [-0.15, -0.1) is 0 Å². The lowest BCUT2D eigenvalue weighted by atomic mass is 9.86. The first-order valence-electron chi connectivity index (χ1n) is 4.47. The van der Waals surface area contributed by atoms with E-state index in [1.54, 1.807) is 12.5 Å². The van der Waals surface area contributed by atoms with E-state index in [4.69, 9.17) is 9.15 Å². The molecular weight excluding hydrogens is 164 g/mol. The second-order valence-corrected chi connectivity index (χ2v) is 3.53. The summed E-state index contributed by atoms with van der Waals surface area (Å²) in [5, 5.41) is 0. The molecule has 13 heavy (non-hydrogen) atoms. The fourth-order valence-electron chi connectivity index (χ4n) is 2.05. The maximum Gasteiger partial charge on any atom is 0.130 e. The van der Waals surface area contributed by atoms with Crippen molar-refractivity contribution in [1.82, 2.24) is 0 Å². The molecule has 0 N–H and O–H groups in total. The molecule has 0 saturated carbocycles. The fourth-order valence-corrected chi connectivity index (χ4v) is 2.05. The van der Waals surface area contributed by atoms with Gasteiger partial charge in [-0.1, -0.05) is 6.92 Å². The van der Waals surface area contributed by atoms with Crippen molar-refractivity contribution in [2.24, 2.45) is 0 Å². The van der Waals surface area contributed by atoms with Crippen LogP contribution in [-0.4, -0.2) is 6.10 Å². The van der Waals surface area contributed by atoms with Crippen molar-refractivity contribution >= 4 is 6.08 Å². The molecule has 1 aliphatic heterocycles. The summed E-state index contributed by atoms with van der Waals surface area (Å²) < 4.78 is 10.9. The quantitative estimate of drug-likeness (QED) is 0.603. The van der Waals surface area contributed by atoms with Gasteiger partial charge in [0, 0.05) is 11.5 Å². The van der Waals surface area contributed by atoms with Crippen LogP contribution in [-0.2, 0) is 4.74 Å². The van der Waals surface area contributed by atoms with E-state index in [0.29, 0.717) is 5.92 Å². The van der Waals surface area contributed by atoms with Gasteiger partial charge in [-0.25, -0.2) is 0 Å². The minimum atomic E-state index is 0.199. The molecule has 2 heterocycles. The Kier molecular flexibility index (Phi) is 1.23. The predicted molar refractivity (Wildman–Crippen MR) is 49.1 cm³/mol. The highest BCUT2D eigenvalue weighted by Gasteiger charge is 2.32. The standard InChI is InChI=1S/C11H10O2/c1-7-9-3-5-12-10(9)6-8-2-4-13-11(7)8/h2-7,11H,1H3. The lowest BCUT2D eigenvalue weighted by molar-refractivity contribution is 0.172. The summed E-state index contributed by atoms with van der Waals surface area (Å²) in [7, 11) is 0. The highest BCUT2D eigenvalue weighted by atomic mass is 16.5. The van der Waals surface area contributed by atoms with E-state index in [-0.39, 0.29) is 6.10 Å². The summed E-state index contributed by atoms with van der Waals surface area (Å²) in [4.78, 5) is 0. The van der Waals surface area contributed by atoms with Gasteiger partial charge in [-0.05, 0) is 23.8 Å². The van der Waals surface area contributed by atoms with Gasteiger partial charge < -0.3 is 9.15 Å². The van der Waals surface area contributed by atoms with Gasteiger partial charge in [0.1, 0.15) is 11.9 Å². The Labute approximate surface area is 76.5 Å². The van der Waals surface area contributed by atoms with Crippen LogP contribution in [0.4, 0.5) is 0 Å². The Morgan fingerprint density at radius 3 is 3.23 bits per heavy atom. The average molecular weight is 174 g/mol. The van der Waals surface area contributed by atoms with E-state index >= 15 is 0 Å². The first-order chi connectivity index (χ1) is 6.36. The molecule has 1 aliphatic carbocycles. The number of rotatable bonds is 0. The van der Waals surface area contributed by atoms with Gasteiger partial charge in [-0.2, -0.15) is 0 Å². The summed E-state index contributed by atoms with van der Waals surface area (Å²) in [6.45, 7) is 2.17. The Hall–Kier alpha value is -1.44. The Balaban J connectivity index is 2.18. The van der Waals surface area contributed by atoms with Crippen LogP contribution < -0.4 is 0 Å². The second-order valence-electron chi connectivity index (χ2n) is 3.53. The third-order valence-corrected chi connectivity index (χ3v) is 2.78. The molecule has 0 amide bonds. The van der Waals surface area contributed by atoms with Crippen molar-refractivity contribution in [3.63, 3.8) is 0 Å². The lowest BCUT2D eigenvalue weighted by Crippen LogP contribution is -2.19. The van der Waals surface area contributed by atoms with Crippen molar-refractivity contribution in [1.29, 1.82) is 0 Å². The van der Waals surface area contributed by atoms with Gasteiger partial charge in [0.05, 0.1) is 12.5 Å². The molecule has 0 spiro atoms. The molecule has 1 aromatic rings. The molecule has 2 atom stereocenters. The van der Waals surface area contributed by atoms with Gasteiger partial charge in [-0.3, -0.25) is 0 Å². The van der Waals surface area contributed by atoms with Crippen LogP contribution in [0.5, 0.6) is 0 Å². The first-order valence-corrected chi connectivity index (χ1v) is 4.47. The highest BCUT2D eigenvalue weighted by molar-refractivity contribution is 5.62. The zero-order chi connectivity index (χ0) is 8.84. The molecule has 3 rings (SSSR count). The third kappa shape index (κ3) is 0.829. The Morgan fingerprint density at radius 2 is 2.31 bits per heavy atom. The van der Waals surface area contributed by atoms with Crippen LogP contribution in [0.25, 0.3) is 6.08 Å². The summed E-state index contributed by atoms with van der Waals surface area (Å²) in [6, 6.07) is 2.02. The van der Waals surface area contributed by atoms with Gasteiger partial charge >= 0.3 is 0 Å². The molecule has 0 saturated heterocycles. The molecule has 0 radical (unpaired) electrons. The largest absolute Gasteiger partial charge is 0.493 e. The molecule has 2 unspecified atom stereocenters. The number of hydrogen-bond donors (Lipinski definition) is 0. The first kappa shape index (κ1) is 7.01. The van der Waals surface area contributed by atoms with E-state index in [9.17, 15) is 0 Å². The van der Waals surface area contributed by atoms with Crippen LogP contribution in [0, 0.1) is 0 Å². The van der Waals surface area contributed by atoms with Crippen molar-refractivity contribution < 1.29 is 9.15 Å². The van der Waals surface area contributed by atoms with Crippen LogP contribution >= 0.6 is 0 Å². The van der Waals surface area contributed by atoms with Gasteiger partial charge in [0.2, 0.25) is 0 Å². The van der Waals surface area contributed by atoms with E-state index in [1.165, 1.54) is 11.1 Å².